The van der Waals surface area contributed by atoms with Crippen LogP contribution in [-0.2, 0) is 9.53 Å². The minimum atomic E-state index is -1.12. The Morgan fingerprint density at radius 2 is 1.92 bits per heavy atom. The maximum Gasteiger partial charge on any atom is 0.328 e. The Morgan fingerprint density at radius 3 is 2.52 bits per heavy atom. The molecule has 3 aliphatic heterocycles. The van der Waals surface area contributed by atoms with E-state index < -0.39 is 18.2 Å². The summed E-state index contributed by atoms with van der Waals surface area (Å²) in [7, 11) is 1.32. The van der Waals surface area contributed by atoms with Gasteiger partial charge in [-0.15, -0.1) is 0 Å². The highest BCUT2D eigenvalue weighted by atomic mass is 16.5. The molecule has 1 aromatic carbocycles. The van der Waals surface area contributed by atoms with Crippen molar-refractivity contribution in [2.24, 2.45) is 11.8 Å². The Bertz CT molecular complexity index is 695. The Morgan fingerprint density at radius 1 is 1.28 bits per heavy atom. The second kappa shape index (κ2) is 6.09. The van der Waals surface area contributed by atoms with E-state index in [4.69, 9.17) is 10.6 Å². The lowest BCUT2D eigenvalue weighted by molar-refractivity contribution is -0.154. The molecular weight excluding hydrogens is 322 g/mol. The number of carbonyl (C=O) groups excluding carboxylic acids is 2. The molecule has 0 spiro atoms. The molecule has 0 radical (unpaired) electrons. The van der Waals surface area contributed by atoms with Crippen LogP contribution >= 0.6 is 0 Å². The molecule has 1 aromatic rings. The van der Waals surface area contributed by atoms with E-state index in [9.17, 15) is 14.7 Å². The summed E-state index contributed by atoms with van der Waals surface area (Å²) in [5.41, 5.74) is 0.990. The van der Waals surface area contributed by atoms with Gasteiger partial charge < -0.3 is 9.84 Å². The number of aliphatic hydroxyl groups excluding tert-OH is 1. The number of nitrogens with two attached hydrogens (primary N) is 1. The predicted molar refractivity (Wildman–Crippen MR) is 88.9 cm³/mol. The van der Waals surface area contributed by atoms with E-state index in [-0.39, 0.29) is 23.9 Å². The summed E-state index contributed by atoms with van der Waals surface area (Å²) in [6.45, 7) is 0. The van der Waals surface area contributed by atoms with Crippen molar-refractivity contribution in [2.45, 2.75) is 50.0 Å². The molecule has 7 nitrogen and oxygen atoms in total. The van der Waals surface area contributed by atoms with E-state index >= 15 is 0 Å². The number of hydrazine groups is 1. The molecule has 7 heteroatoms. The van der Waals surface area contributed by atoms with Crippen LogP contribution in [0.15, 0.2) is 24.3 Å². The van der Waals surface area contributed by atoms with Crippen LogP contribution < -0.4 is 5.84 Å². The zero-order valence-electron chi connectivity index (χ0n) is 14.2. The number of rotatable bonds is 3. The highest BCUT2D eigenvalue weighted by molar-refractivity contribution is 6.01. The summed E-state index contributed by atoms with van der Waals surface area (Å²) in [6.07, 6.45) is 2.32. The van der Waals surface area contributed by atoms with Crippen LogP contribution in [0.4, 0.5) is 0 Å². The molecule has 3 unspecified atom stereocenters. The molecule has 1 amide bonds. The second-order valence-corrected chi connectivity index (χ2v) is 7.21. The van der Waals surface area contributed by atoms with Crippen molar-refractivity contribution < 1.29 is 19.4 Å². The van der Waals surface area contributed by atoms with Crippen molar-refractivity contribution >= 4 is 11.9 Å². The van der Waals surface area contributed by atoms with E-state index in [1.165, 1.54) is 12.0 Å². The fourth-order valence-corrected chi connectivity index (χ4v) is 4.76. The van der Waals surface area contributed by atoms with E-state index in [1.807, 2.05) is 5.01 Å². The summed E-state index contributed by atoms with van der Waals surface area (Å²) in [4.78, 5) is 26.8. The Kier molecular flexibility index (Phi) is 4.02. The summed E-state index contributed by atoms with van der Waals surface area (Å²) in [6, 6.07) is 6.57. The number of fused-ring (bicyclic) bond motifs is 3. The third-order valence-corrected chi connectivity index (χ3v) is 5.98. The highest BCUT2D eigenvalue weighted by Gasteiger charge is 2.50. The third-order valence-electron chi connectivity index (χ3n) is 5.98. The first-order chi connectivity index (χ1) is 12.0. The molecule has 2 bridgehead atoms. The van der Waals surface area contributed by atoms with Gasteiger partial charge in [0.05, 0.1) is 7.11 Å². The molecule has 2 saturated heterocycles. The van der Waals surface area contributed by atoms with Crippen LogP contribution in [0.2, 0.25) is 0 Å². The first-order valence-electron chi connectivity index (χ1n) is 8.73. The average molecular weight is 345 g/mol. The van der Waals surface area contributed by atoms with Gasteiger partial charge in [0, 0.05) is 23.2 Å². The van der Waals surface area contributed by atoms with Crippen LogP contribution in [0.1, 0.15) is 47.8 Å². The summed E-state index contributed by atoms with van der Waals surface area (Å²) in [5, 5.41) is 12.6. The molecule has 4 atom stereocenters. The number of ether oxygens (including phenoxy) is 1. The maximum atomic E-state index is 12.9. The van der Waals surface area contributed by atoms with E-state index in [2.05, 4.69) is 0 Å². The number of esters is 1. The number of piperidine rings is 1. The van der Waals surface area contributed by atoms with Gasteiger partial charge >= 0.3 is 5.97 Å². The Labute approximate surface area is 146 Å². The normalized spacial score (nSPS) is 32.6. The Balaban J connectivity index is 1.67. The fourth-order valence-electron chi connectivity index (χ4n) is 4.76. The van der Waals surface area contributed by atoms with Crippen LogP contribution in [0.3, 0.4) is 0 Å². The van der Waals surface area contributed by atoms with E-state index in [0.29, 0.717) is 11.1 Å². The number of methoxy groups -OCH3 is 1. The molecule has 3 heterocycles. The summed E-state index contributed by atoms with van der Waals surface area (Å²) in [5.74, 6) is 5.25. The first-order valence-corrected chi connectivity index (χ1v) is 8.73. The molecule has 0 aromatic heterocycles. The molecule has 25 heavy (non-hydrogen) atoms. The summed E-state index contributed by atoms with van der Waals surface area (Å²) < 4.78 is 5.00. The van der Waals surface area contributed by atoms with Crippen LogP contribution in [0, 0.1) is 5.92 Å². The van der Waals surface area contributed by atoms with Crippen molar-refractivity contribution in [2.75, 3.05) is 7.11 Å². The van der Waals surface area contributed by atoms with Gasteiger partial charge in [0.25, 0.3) is 5.91 Å². The molecule has 0 saturated carbocycles. The van der Waals surface area contributed by atoms with Crippen LogP contribution in [-0.4, -0.2) is 52.1 Å². The molecular formula is C18H23N3O4. The standard InChI is InChI=1S/C18H23N3O4/c1-25-18(24)15(10-8-11-6-7-12(9-10)21(11)19)20-16(22)13-4-2-3-5-14(13)17(20)23/h2-5,10-12,15-16,22H,6-9,19H2,1H3/t10?,11?,12?,15-,16?/m0/s1. The van der Waals surface area contributed by atoms with Crippen molar-refractivity contribution in [3.8, 4) is 0 Å². The van der Waals surface area contributed by atoms with E-state index in [0.717, 1.165) is 25.7 Å². The summed E-state index contributed by atoms with van der Waals surface area (Å²) >= 11 is 0. The molecule has 134 valence electrons. The van der Waals surface area contributed by atoms with Crippen LogP contribution in [0.5, 0.6) is 0 Å². The van der Waals surface area contributed by atoms with Gasteiger partial charge in [0.1, 0.15) is 6.04 Å². The topological polar surface area (TPSA) is 96.1 Å². The fraction of sp³-hybridized carbons (Fsp3) is 0.556. The highest BCUT2D eigenvalue weighted by Crippen LogP contribution is 2.42. The predicted octanol–water partition coefficient (Wildman–Crippen LogP) is 0.792. The largest absolute Gasteiger partial charge is 0.467 e. The number of benzene rings is 1. The average Bonchev–Trinajstić information content (AvgIpc) is 2.98. The lowest BCUT2D eigenvalue weighted by atomic mass is 9.84. The van der Waals surface area contributed by atoms with Gasteiger partial charge in [-0.2, -0.15) is 0 Å². The number of aliphatic hydroxyl groups is 1. The number of hydrogen-bond donors (Lipinski definition) is 2. The zero-order chi connectivity index (χ0) is 17.7. The second-order valence-electron chi connectivity index (χ2n) is 7.21. The first kappa shape index (κ1) is 16.5. The molecule has 3 N–H and O–H groups in total. The smallest absolute Gasteiger partial charge is 0.328 e. The van der Waals surface area contributed by atoms with Gasteiger partial charge in [-0.05, 0) is 37.7 Å². The number of nitrogens with zero attached hydrogens (tertiary/aromatic N) is 2. The lowest BCUT2D eigenvalue weighted by Crippen LogP contribution is -2.55. The molecule has 3 aliphatic rings. The van der Waals surface area contributed by atoms with Gasteiger partial charge in [0.2, 0.25) is 0 Å². The van der Waals surface area contributed by atoms with Crippen molar-refractivity contribution in [1.29, 1.82) is 0 Å². The minimum Gasteiger partial charge on any atom is -0.467 e. The Hall–Kier alpha value is -1.96. The van der Waals surface area contributed by atoms with Gasteiger partial charge in [-0.25, -0.2) is 9.80 Å². The maximum absolute atomic E-state index is 12.9. The molecule has 4 rings (SSSR count). The van der Waals surface area contributed by atoms with Crippen molar-refractivity contribution in [3.63, 3.8) is 0 Å². The van der Waals surface area contributed by atoms with Gasteiger partial charge in [-0.1, -0.05) is 18.2 Å². The lowest BCUT2D eigenvalue weighted by Gasteiger charge is -2.41. The van der Waals surface area contributed by atoms with Crippen molar-refractivity contribution in [3.05, 3.63) is 35.4 Å². The number of amides is 1. The zero-order valence-corrected chi connectivity index (χ0v) is 14.2. The molecule has 2 fully saturated rings. The number of hydrogen-bond acceptors (Lipinski definition) is 6. The van der Waals surface area contributed by atoms with Crippen LogP contribution in [0.25, 0.3) is 0 Å². The minimum absolute atomic E-state index is 0.0716. The number of carbonyl (C=O) groups is 2. The third kappa shape index (κ3) is 2.46. The van der Waals surface area contributed by atoms with Crippen molar-refractivity contribution in [1.82, 2.24) is 9.91 Å². The van der Waals surface area contributed by atoms with E-state index in [1.54, 1.807) is 24.3 Å². The van der Waals surface area contributed by atoms with Gasteiger partial charge in [-0.3, -0.25) is 15.5 Å². The van der Waals surface area contributed by atoms with Gasteiger partial charge in [0.15, 0.2) is 6.23 Å². The quantitative estimate of drug-likeness (QED) is 0.621. The molecule has 0 aliphatic carbocycles. The monoisotopic (exact) mass is 345 g/mol. The SMILES string of the molecule is COC(=O)[C@H](C1CC2CCC(C1)N2N)N1C(=O)c2ccccc2C1O.